The third-order valence-corrected chi connectivity index (χ3v) is 3.86. The third-order valence-electron chi connectivity index (χ3n) is 3.86. The van der Waals surface area contributed by atoms with Crippen LogP contribution in [0.3, 0.4) is 0 Å². The summed E-state index contributed by atoms with van der Waals surface area (Å²) >= 11 is 0. The van der Waals surface area contributed by atoms with Gasteiger partial charge in [0.15, 0.2) is 12.4 Å². The number of hydrogen-bond acceptors (Lipinski definition) is 6. The molecule has 0 fully saturated rings. The number of amides is 1. The highest BCUT2D eigenvalue weighted by Gasteiger charge is 2.22. The Bertz CT molecular complexity index is 932. The Balaban J connectivity index is 2.03. The average molecular weight is 377 g/mol. The summed E-state index contributed by atoms with van der Waals surface area (Å²) in [4.78, 5) is 36.5. The summed E-state index contributed by atoms with van der Waals surface area (Å²) < 4.78 is 4.98. The molecule has 2 aromatic rings. The van der Waals surface area contributed by atoms with Crippen molar-refractivity contribution in [2.24, 2.45) is 5.92 Å². The Labute approximate surface area is 162 Å². The molecule has 0 bridgehead atoms. The molecule has 7 nitrogen and oxygen atoms in total. The molecule has 28 heavy (non-hydrogen) atoms. The molecule has 0 spiro atoms. The number of carbonyl (C=O) groups is 3. The summed E-state index contributed by atoms with van der Waals surface area (Å²) in [5.41, 5.74) is 1.07. The van der Waals surface area contributed by atoms with Crippen molar-refractivity contribution in [1.82, 2.24) is 0 Å². The van der Waals surface area contributed by atoms with E-state index in [0.29, 0.717) is 0 Å². The number of esters is 1. The SMILES string of the molecule is CC(=N)C(C#N)C(=O)COC(=O)c1ccccc1NC(=O)Cc1ccccc1. The standard InChI is InChI=1S/C21H19N3O4/c1-14(23)17(12-22)19(25)13-28-21(27)16-9-5-6-10-18(16)24-20(26)11-15-7-3-2-4-8-15/h2-10,17,23H,11,13H2,1H3,(H,24,26). The van der Waals surface area contributed by atoms with Crippen molar-refractivity contribution in [3.8, 4) is 6.07 Å². The van der Waals surface area contributed by atoms with Gasteiger partial charge >= 0.3 is 5.97 Å². The van der Waals surface area contributed by atoms with E-state index in [-0.39, 0.29) is 29.3 Å². The van der Waals surface area contributed by atoms with Crippen LogP contribution in [0, 0.1) is 22.7 Å². The highest BCUT2D eigenvalue weighted by Crippen LogP contribution is 2.17. The van der Waals surface area contributed by atoms with Gasteiger partial charge in [-0.1, -0.05) is 42.5 Å². The zero-order valence-corrected chi connectivity index (χ0v) is 15.3. The van der Waals surface area contributed by atoms with Gasteiger partial charge in [-0.3, -0.25) is 9.59 Å². The van der Waals surface area contributed by atoms with Gasteiger partial charge in [0.2, 0.25) is 5.91 Å². The van der Waals surface area contributed by atoms with E-state index < -0.39 is 24.3 Å². The number of nitrogens with one attached hydrogen (secondary N) is 2. The first-order chi connectivity index (χ1) is 13.4. The van der Waals surface area contributed by atoms with Crippen LogP contribution in [0.15, 0.2) is 54.6 Å². The van der Waals surface area contributed by atoms with E-state index in [1.54, 1.807) is 24.3 Å². The molecule has 1 unspecified atom stereocenters. The smallest absolute Gasteiger partial charge is 0.340 e. The van der Waals surface area contributed by atoms with Crippen LogP contribution in [0.5, 0.6) is 0 Å². The van der Waals surface area contributed by atoms with E-state index in [9.17, 15) is 14.4 Å². The van der Waals surface area contributed by atoms with Crippen LogP contribution in [0.4, 0.5) is 5.69 Å². The van der Waals surface area contributed by atoms with Crippen LogP contribution in [0.25, 0.3) is 0 Å². The first kappa shape index (κ1) is 20.5. The van der Waals surface area contributed by atoms with Crippen LogP contribution in [-0.2, 0) is 20.7 Å². The van der Waals surface area contributed by atoms with Gasteiger partial charge in [0.1, 0.15) is 5.92 Å². The molecule has 2 aromatic carbocycles. The second-order valence-corrected chi connectivity index (χ2v) is 6.04. The fourth-order valence-corrected chi connectivity index (χ4v) is 2.45. The fraction of sp³-hybridized carbons (Fsp3) is 0.190. The predicted octanol–water partition coefficient (Wildman–Crippen LogP) is 2.77. The maximum atomic E-state index is 12.3. The summed E-state index contributed by atoms with van der Waals surface area (Å²) in [6, 6.07) is 17.1. The number of rotatable bonds is 8. The van der Waals surface area contributed by atoms with Crippen molar-refractivity contribution in [1.29, 1.82) is 10.7 Å². The molecule has 0 aliphatic carbocycles. The molecular formula is C21H19N3O4. The normalized spacial score (nSPS) is 11.0. The molecule has 0 saturated heterocycles. The van der Waals surface area contributed by atoms with Crippen molar-refractivity contribution >= 4 is 29.1 Å². The summed E-state index contributed by atoms with van der Waals surface area (Å²) in [5.74, 6) is -3.02. The van der Waals surface area contributed by atoms with Crippen LogP contribution >= 0.6 is 0 Å². The molecular weight excluding hydrogens is 358 g/mol. The van der Waals surface area contributed by atoms with Crippen LogP contribution in [0.1, 0.15) is 22.8 Å². The third kappa shape index (κ3) is 5.61. The zero-order valence-electron chi connectivity index (χ0n) is 15.3. The van der Waals surface area contributed by atoms with Crippen LogP contribution in [0.2, 0.25) is 0 Å². The number of para-hydroxylation sites is 1. The number of Topliss-reactive ketones (excluding diaryl/α,β-unsaturated/α-hetero) is 1. The van der Waals surface area contributed by atoms with Gasteiger partial charge in [-0.2, -0.15) is 5.26 Å². The number of hydrogen-bond donors (Lipinski definition) is 2. The van der Waals surface area contributed by atoms with Gasteiger partial charge in [0, 0.05) is 5.71 Å². The largest absolute Gasteiger partial charge is 0.454 e. The van der Waals surface area contributed by atoms with E-state index in [0.717, 1.165) is 5.56 Å². The van der Waals surface area contributed by atoms with E-state index >= 15 is 0 Å². The number of nitrogens with zero attached hydrogens (tertiary/aromatic N) is 1. The quantitative estimate of drug-likeness (QED) is 0.541. The molecule has 0 radical (unpaired) electrons. The van der Waals surface area contributed by atoms with Gasteiger partial charge in [0.25, 0.3) is 0 Å². The summed E-state index contributed by atoms with van der Waals surface area (Å²) in [5, 5.41) is 19.0. The number of ether oxygens (including phenoxy) is 1. The van der Waals surface area contributed by atoms with Crippen molar-refractivity contribution in [2.75, 3.05) is 11.9 Å². The molecule has 0 aliphatic rings. The molecule has 2 rings (SSSR count). The lowest BCUT2D eigenvalue weighted by molar-refractivity contribution is -0.122. The minimum Gasteiger partial charge on any atom is -0.454 e. The molecule has 7 heteroatoms. The van der Waals surface area contributed by atoms with E-state index in [1.807, 2.05) is 30.3 Å². The lowest BCUT2D eigenvalue weighted by Crippen LogP contribution is -2.26. The molecule has 142 valence electrons. The topological polar surface area (TPSA) is 120 Å². The second-order valence-electron chi connectivity index (χ2n) is 6.04. The fourth-order valence-electron chi connectivity index (χ4n) is 2.45. The van der Waals surface area contributed by atoms with Gasteiger partial charge in [-0.15, -0.1) is 0 Å². The molecule has 0 heterocycles. The first-order valence-corrected chi connectivity index (χ1v) is 8.49. The number of nitriles is 1. The van der Waals surface area contributed by atoms with E-state index in [4.69, 9.17) is 15.4 Å². The highest BCUT2D eigenvalue weighted by atomic mass is 16.5. The van der Waals surface area contributed by atoms with Crippen molar-refractivity contribution in [3.05, 3.63) is 65.7 Å². The predicted molar refractivity (Wildman–Crippen MR) is 103 cm³/mol. The minimum atomic E-state index is -1.24. The Kier molecular flexibility index (Phi) is 7.17. The first-order valence-electron chi connectivity index (χ1n) is 8.49. The van der Waals surface area contributed by atoms with Crippen molar-refractivity contribution in [2.45, 2.75) is 13.3 Å². The number of benzene rings is 2. The maximum Gasteiger partial charge on any atom is 0.340 e. The Morgan fingerprint density at radius 2 is 1.75 bits per heavy atom. The minimum absolute atomic E-state index is 0.0943. The molecule has 0 aromatic heterocycles. The molecule has 1 atom stereocenters. The number of anilines is 1. The molecule has 2 N–H and O–H groups in total. The summed E-state index contributed by atoms with van der Waals surface area (Å²) in [6.07, 6.45) is 0.144. The van der Waals surface area contributed by atoms with Crippen LogP contribution in [-0.4, -0.2) is 30.0 Å². The van der Waals surface area contributed by atoms with Gasteiger partial charge in [-0.05, 0) is 24.6 Å². The number of ketones is 1. The summed E-state index contributed by atoms with van der Waals surface area (Å²) in [7, 11) is 0. The van der Waals surface area contributed by atoms with Crippen LogP contribution < -0.4 is 5.32 Å². The zero-order chi connectivity index (χ0) is 20.5. The van der Waals surface area contributed by atoms with Crippen molar-refractivity contribution < 1.29 is 19.1 Å². The van der Waals surface area contributed by atoms with Crippen molar-refractivity contribution in [3.63, 3.8) is 0 Å². The Morgan fingerprint density at radius 3 is 2.39 bits per heavy atom. The number of carbonyl (C=O) groups excluding carboxylic acids is 3. The highest BCUT2D eigenvalue weighted by molar-refractivity contribution is 6.07. The maximum absolute atomic E-state index is 12.3. The lowest BCUT2D eigenvalue weighted by Gasteiger charge is -2.11. The molecule has 0 saturated carbocycles. The molecule has 1 amide bonds. The van der Waals surface area contributed by atoms with Gasteiger partial charge < -0.3 is 15.5 Å². The molecule has 0 aliphatic heterocycles. The van der Waals surface area contributed by atoms with E-state index in [1.165, 1.54) is 13.0 Å². The monoisotopic (exact) mass is 377 g/mol. The Hall–Kier alpha value is -3.79. The van der Waals surface area contributed by atoms with E-state index in [2.05, 4.69) is 5.32 Å². The Morgan fingerprint density at radius 1 is 1.11 bits per heavy atom. The van der Waals surface area contributed by atoms with Gasteiger partial charge in [0.05, 0.1) is 23.7 Å². The second kappa shape index (κ2) is 9.78. The lowest BCUT2D eigenvalue weighted by atomic mass is 10.0. The van der Waals surface area contributed by atoms with Gasteiger partial charge in [-0.25, -0.2) is 4.79 Å². The average Bonchev–Trinajstić information content (AvgIpc) is 2.67. The summed E-state index contributed by atoms with van der Waals surface area (Å²) in [6.45, 7) is 0.713.